The molecule has 0 aliphatic heterocycles. The molecule has 0 unspecified atom stereocenters. The molecule has 0 atom stereocenters. The summed E-state index contributed by atoms with van der Waals surface area (Å²) in [6, 6.07) is 12.3. The molecule has 3 nitrogen and oxygen atoms in total. The normalized spacial score (nSPS) is 10.6. The molecule has 0 aliphatic rings. The minimum Gasteiger partial charge on any atom is -0.491 e. The second kappa shape index (κ2) is 7.94. The third-order valence-corrected chi connectivity index (χ3v) is 3.59. The van der Waals surface area contributed by atoms with Crippen LogP contribution < -0.4 is 10.1 Å². The first kappa shape index (κ1) is 14.1. The highest BCUT2D eigenvalue weighted by atomic mass is 32.1. The van der Waals surface area contributed by atoms with Gasteiger partial charge in [-0.3, -0.25) is 0 Å². The quantitative estimate of drug-likeness (QED) is 0.752. The van der Waals surface area contributed by atoms with Crippen molar-refractivity contribution in [3.8, 4) is 5.75 Å². The van der Waals surface area contributed by atoms with Gasteiger partial charge in [0.2, 0.25) is 0 Å². The highest BCUT2D eigenvalue weighted by molar-refractivity contribution is 7.09. The number of hydrogen-bond acceptors (Lipinski definition) is 4. The molecular formula is C15H19NO2S. The second-order valence-electron chi connectivity index (χ2n) is 4.13. The molecule has 1 heterocycles. The Morgan fingerprint density at radius 2 is 1.95 bits per heavy atom. The lowest BCUT2D eigenvalue weighted by Crippen LogP contribution is -2.13. The highest BCUT2D eigenvalue weighted by Gasteiger charge is 2.02. The smallest absolute Gasteiger partial charge is 0.123 e. The number of benzene rings is 1. The van der Waals surface area contributed by atoms with Gasteiger partial charge in [0.25, 0.3) is 0 Å². The Hall–Kier alpha value is -1.36. The molecule has 0 aliphatic carbocycles. The maximum absolute atomic E-state index is 5.70. The Morgan fingerprint density at radius 3 is 2.74 bits per heavy atom. The molecule has 1 aromatic carbocycles. The maximum atomic E-state index is 5.70. The van der Waals surface area contributed by atoms with Gasteiger partial charge in [-0.15, -0.1) is 11.3 Å². The summed E-state index contributed by atoms with van der Waals surface area (Å²) in [5.74, 6) is 0.929. The fourth-order valence-corrected chi connectivity index (χ4v) is 2.43. The first-order valence-electron chi connectivity index (χ1n) is 6.33. The van der Waals surface area contributed by atoms with Crippen molar-refractivity contribution in [1.29, 1.82) is 0 Å². The van der Waals surface area contributed by atoms with Crippen molar-refractivity contribution in [3.63, 3.8) is 0 Å². The van der Waals surface area contributed by atoms with Crippen LogP contribution in [0.1, 0.15) is 10.4 Å². The zero-order valence-corrected chi connectivity index (χ0v) is 11.9. The third kappa shape index (κ3) is 4.67. The highest BCUT2D eigenvalue weighted by Crippen LogP contribution is 2.18. The van der Waals surface area contributed by atoms with Gasteiger partial charge in [-0.2, -0.15) is 0 Å². The molecule has 0 saturated carbocycles. The van der Waals surface area contributed by atoms with Crippen LogP contribution >= 0.6 is 11.3 Å². The van der Waals surface area contributed by atoms with Gasteiger partial charge < -0.3 is 14.8 Å². The first-order chi connectivity index (χ1) is 9.40. The number of hydrogen-bond donors (Lipinski definition) is 1. The Morgan fingerprint density at radius 1 is 1.05 bits per heavy atom. The summed E-state index contributed by atoms with van der Waals surface area (Å²) in [6.07, 6.45) is 0. The summed E-state index contributed by atoms with van der Waals surface area (Å²) in [5, 5.41) is 5.53. The van der Waals surface area contributed by atoms with Crippen LogP contribution in [0.5, 0.6) is 5.75 Å². The van der Waals surface area contributed by atoms with Crippen LogP contribution in [0.2, 0.25) is 0 Å². The van der Waals surface area contributed by atoms with Gasteiger partial charge in [0.15, 0.2) is 0 Å². The number of nitrogens with one attached hydrogen (secondary N) is 1. The summed E-state index contributed by atoms with van der Waals surface area (Å²) < 4.78 is 10.7. The van der Waals surface area contributed by atoms with Crippen molar-refractivity contribution in [2.45, 2.75) is 13.1 Å². The van der Waals surface area contributed by atoms with Crippen LogP contribution in [-0.4, -0.2) is 20.3 Å². The van der Waals surface area contributed by atoms with Gasteiger partial charge in [0, 0.05) is 30.6 Å². The Balaban J connectivity index is 1.84. The van der Waals surface area contributed by atoms with Crippen LogP contribution in [0.4, 0.5) is 0 Å². The van der Waals surface area contributed by atoms with Crippen molar-refractivity contribution < 1.29 is 9.47 Å². The van der Waals surface area contributed by atoms with E-state index in [0.29, 0.717) is 13.2 Å². The Labute approximate surface area is 118 Å². The molecule has 19 heavy (non-hydrogen) atoms. The van der Waals surface area contributed by atoms with Gasteiger partial charge in [-0.05, 0) is 17.5 Å². The van der Waals surface area contributed by atoms with E-state index in [4.69, 9.17) is 9.47 Å². The molecule has 0 amide bonds. The number of rotatable bonds is 8. The summed E-state index contributed by atoms with van der Waals surface area (Å²) in [5.41, 5.74) is 1.18. The lowest BCUT2D eigenvalue weighted by molar-refractivity contribution is 0.145. The van der Waals surface area contributed by atoms with Gasteiger partial charge in [-0.25, -0.2) is 0 Å². The molecule has 1 N–H and O–H groups in total. The van der Waals surface area contributed by atoms with Gasteiger partial charge in [0.05, 0.1) is 6.61 Å². The minimum atomic E-state index is 0.582. The summed E-state index contributed by atoms with van der Waals surface area (Å²) in [4.78, 5) is 1.35. The molecule has 102 valence electrons. The van der Waals surface area contributed by atoms with Crippen LogP contribution in [0.3, 0.4) is 0 Å². The van der Waals surface area contributed by atoms with Gasteiger partial charge in [0.1, 0.15) is 12.4 Å². The zero-order valence-electron chi connectivity index (χ0n) is 11.1. The third-order valence-electron chi connectivity index (χ3n) is 2.71. The molecule has 1 aromatic heterocycles. The van der Waals surface area contributed by atoms with Crippen LogP contribution in [0.15, 0.2) is 41.8 Å². The van der Waals surface area contributed by atoms with Crippen molar-refractivity contribution >= 4 is 11.3 Å². The molecule has 2 rings (SSSR count). The molecule has 2 aromatic rings. The maximum Gasteiger partial charge on any atom is 0.123 e. The molecule has 4 heteroatoms. The van der Waals surface area contributed by atoms with Crippen LogP contribution in [0.25, 0.3) is 0 Å². The van der Waals surface area contributed by atoms with Crippen LogP contribution in [-0.2, 0) is 17.8 Å². The van der Waals surface area contributed by atoms with E-state index in [9.17, 15) is 0 Å². The van der Waals surface area contributed by atoms with E-state index in [-0.39, 0.29) is 0 Å². The Bertz CT molecular complexity index is 471. The molecule has 0 radical (unpaired) electrons. The summed E-state index contributed by atoms with van der Waals surface area (Å²) >= 11 is 1.77. The lowest BCUT2D eigenvalue weighted by Gasteiger charge is -2.11. The second-order valence-corrected chi connectivity index (χ2v) is 5.16. The monoisotopic (exact) mass is 277 g/mol. The van der Waals surface area contributed by atoms with Crippen molar-refractivity contribution in [2.24, 2.45) is 0 Å². The largest absolute Gasteiger partial charge is 0.491 e. The van der Waals surface area contributed by atoms with E-state index in [1.807, 2.05) is 18.2 Å². The van der Waals surface area contributed by atoms with E-state index < -0.39 is 0 Å². The SMILES string of the molecule is COCCOc1ccccc1CNCc1cccs1. The number of ether oxygens (including phenoxy) is 2. The van der Waals surface area contributed by atoms with E-state index in [0.717, 1.165) is 18.8 Å². The van der Waals surface area contributed by atoms with E-state index in [2.05, 4.69) is 28.9 Å². The molecule has 0 bridgehead atoms. The Kier molecular flexibility index (Phi) is 5.88. The van der Waals surface area contributed by atoms with E-state index in [1.165, 1.54) is 10.4 Å². The van der Waals surface area contributed by atoms with Crippen molar-refractivity contribution in [2.75, 3.05) is 20.3 Å². The van der Waals surface area contributed by atoms with Crippen LogP contribution in [0, 0.1) is 0 Å². The average Bonchev–Trinajstić information content (AvgIpc) is 2.94. The summed E-state index contributed by atoms with van der Waals surface area (Å²) in [6.45, 7) is 2.89. The molecule has 0 spiro atoms. The predicted molar refractivity (Wildman–Crippen MR) is 78.7 cm³/mol. The fourth-order valence-electron chi connectivity index (χ4n) is 1.76. The van der Waals surface area contributed by atoms with Gasteiger partial charge >= 0.3 is 0 Å². The number of methoxy groups -OCH3 is 1. The van der Waals surface area contributed by atoms with Crippen molar-refractivity contribution in [3.05, 3.63) is 52.2 Å². The zero-order chi connectivity index (χ0) is 13.3. The first-order valence-corrected chi connectivity index (χ1v) is 7.21. The standard InChI is InChI=1S/C15H19NO2S/c1-17-8-9-18-15-7-3-2-5-13(15)11-16-12-14-6-4-10-19-14/h2-7,10,16H,8-9,11-12H2,1H3. The van der Waals surface area contributed by atoms with Crippen molar-refractivity contribution in [1.82, 2.24) is 5.32 Å². The van der Waals surface area contributed by atoms with Gasteiger partial charge in [-0.1, -0.05) is 24.3 Å². The molecule has 0 fully saturated rings. The average molecular weight is 277 g/mol. The predicted octanol–water partition coefficient (Wildman–Crippen LogP) is 3.06. The molecular weight excluding hydrogens is 258 g/mol. The number of para-hydroxylation sites is 1. The fraction of sp³-hybridized carbons (Fsp3) is 0.333. The number of thiophene rings is 1. The summed E-state index contributed by atoms with van der Waals surface area (Å²) in [7, 11) is 1.68. The van der Waals surface area contributed by atoms with E-state index in [1.54, 1.807) is 18.4 Å². The topological polar surface area (TPSA) is 30.5 Å². The van der Waals surface area contributed by atoms with E-state index >= 15 is 0 Å². The minimum absolute atomic E-state index is 0.582. The molecule has 0 saturated heterocycles. The lowest BCUT2D eigenvalue weighted by atomic mass is 10.2.